The summed E-state index contributed by atoms with van der Waals surface area (Å²) in [5, 5.41) is 9.57. The van der Waals surface area contributed by atoms with Crippen molar-refractivity contribution in [3.8, 4) is 5.75 Å². The maximum absolute atomic E-state index is 13.4. The van der Waals surface area contributed by atoms with E-state index >= 15 is 0 Å². The number of aliphatic hydroxyl groups excluding tert-OH is 1. The van der Waals surface area contributed by atoms with Crippen LogP contribution in [0.4, 0.5) is 8.78 Å². The van der Waals surface area contributed by atoms with Gasteiger partial charge in [-0.2, -0.15) is 4.39 Å². The van der Waals surface area contributed by atoms with E-state index in [0.717, 1.165) is 6.07 Å². The molecule has 1 aromatic rings. The van der Waals surface area contributed by atoms with Crippen LogP contribution in [0.1, 0.15) is 6.42 Å². The van der Waals surface area contributed by atoms with E-state index in [9.17, 15) is 13.9 Å². The summed E-state index contributed by atoms with van der Waals surface area (Å²) in [5.74, 6) is -2.16. The predicted molar refractivity (Wildman–Crippen MR) is 63.0 cm³/mol. The molecule has 2 rings (SSSR count). The summed E-state index contributed by atoms with van der Waals surface area (Å²) in [7, 11) is 1.54. The number of ether oxygens (including phenoxy) is 3. The summed E-state index contributed by atoms with van der Waals surface area (Å²) < 4.78 is 42.0. The highest BCUT2D eigenvalue weighted by molar-refractivity contribution is 5.26. The lowest BCUT2D eigenvalue weighted by atomic mass is 9.88. The Morgan fingerprint density at radius 1 is 1.32 bits per heavy atom. The molecule has 1 N–H and O–H groups in total. The van der Waals surface area contributed by atoms with Crippen LogP contribution in [0.3, 0.4) is 0 Å². The fraction of sp³-hybridized carbons (Fsp3) is 0.538. The number of hydrogen-bond donors (Lipinski definition) is 1. The van der Waals surface area contributed by atoms with Gasteiger partial charge in [0.25, 0.3) is 0 Å². The lowest BCUT2D eigenvalue weighted by molar-refractivity contribution is -0.167. The minimum atomic E-state index is -1.03. The molecule has 1 fully saturated rings. The summed E-state index contributed by atoms with van der Waals surface area (Å²) in [5.41, 5.74) is 0. The first-order valence-corrected chi connectivity index (χ1v) is 6.02. The van der Waals surface area contributed by atoms with Crippen LogP contribution in [-0.2, 0) is 9.47 Å². The molecule has 1 saturated carbocycles. The number of halogens is 2. The summed E-state index contributed by atoms with van der Waals surface area (Å²) in [4.78, 5) is 0. The molecule has 0 amide bonds. The van der Waals surface area contributed by atoms with Crippen molar-refractivity contribution in [2.75, 3.05) is 20.3 Å². The van der Waals surface area contributed by atoms with Gasteiger partial charge in [0.15, 0.2) is 11.6 Å². The second kappa shape index (κ2) is 6.27. The van der Waals surface area contributed by atoms with Gasteiger partial charge in [0.05, 0.1) is 19.3 Å². The number of aliphatic hydroxyl groups is 1. The van der Waals surface area contributed by atoms with E-state index in [4.69, 9.17) is 14.2 Å². The molecule has 106 valence electrons. The molecular formula is C13H16F2O4. The minimum absolute atomic E-state index is 0.169. The van der Waals surface area contributed by atoms with E-state index in [2.05, 4.69) is 0 Å². The summed E-state index contributed by atoms with van der Waals surface area (Å²) in [6.45, 7) is 0.702. The van der Waals surface area contributed by atoms with E-state index in [1.807, 2.05) is 0 Å². The number of benzene rings is 1. The van der Waals surface area contributed by atoms with Crippen molar-refractivity contribution >= 4 is 0 Å². The molecule has 0 saturated heterocycles. The van der Waals surface area contributed by atoms with Crippen molar-refractivity contribution < 1.29 is 28.1 Å². The van der Waals surface area contributed by atoms with Crippen molar-refractivity contribution in [2.45, 2.75) is 24.7 Å². The van der Waals surface area contributed by atoms with Crippen LogP contribution >= 0.6 is 0 Å². The van der Waals surface area contributed by atoms with Crippen LogP contribution in [0.15, 0.2) is 18.2 Å². The van der Waals surface area contributed by atoms with E-state index in [1.165, 1.54) is 19.2 Å². The first-order chi connectivity index (χ1) is 9.13. The van der Waals surface area contributed by atoms with Crippen LogP contribution < -0.4 is 4.74 Å². The van der Waals surface area contributed by atoms with Gasteiger partial charge >= 0.3 is 0 Å². The number of methoxy groups -OCH3 is 1. The van der Waals surface area contributed by atoms with Gasteiger partial charge in [-0.05, 0) is 12.1 Å². The van der Waals surface area contributed by atoms with Gasteiger partial charge in [0.2, 0.25) is 5.82 Å². The van der Waals surface area contributed by atoms with Crippen molar-refractivity contribution in [2.24, 2.45) is 0 Å². The topological polar surface area (TPSA) is 47.9 Å². The third-order valence-corrected chi connectivity index (χ3v) is 3.01. The number of rotatable bonds is 6. The Kier molecular flexibility index (Phi) is 4.68. The maximum atomic E-state index is 13.4. The Morgan fingerprint density at radius 2 is 2.11 bits per heavy atom. The van der Waals surface area contributed by atoms with Crippen LogP contribution in [0, 0.1) is 11.6 Å². The second-order valence-corrected chi connectivity index (χ2v) is 4.34. The highest BCUT2D eigenvalue weighted by atomic mass is 19.2. The van der Waals surface area contributed by atoms with Gasteiger partial charge in [0, 0.05) is 13.5 Å². The Balaban J connectivity index is 1.93. The number of hydrogen-bond acceptors (Lipinski definition) is 4. The molecule has 1 aliphatic rings. The Morgan fingerprint density at radius 3 is 2.79 bits per heavy atom. The SMILES string of the molecule is COCCOC1C(O)CC1Oc1cccc(F)c1F. The highest BCUT2D eigenvalue weighted by Crippen LogP contribution is 2.30. The Labute approximate surface area is 109 Å². The largest absolute Gasteiger partial charge is 0.484 e. The van der Waals surface area contributed by atoms with E-state index in [1.54, 1.807) is 0 Å². The molecule has 0 bridgehead atoms. The smallest absolute Gasteiger partial charge is 0.200 e. The van der Waals surface area contributed by atoms with Gasteiger partial charge < -0.3 is 19.3 Å². The van der Waals surface area contributed by atoms with Crippen molar-refractivity contribution in [1.82, 2.24) is 0 Å². The quantitative estimate of drug-likeness (QED) is 0.799. The van der Waals surface area contributed by atoms with Gasteiger partial charge in [0.1, 0.15) is 12.2 Å². The first-order valence-electron chi connectivity index (χ1n) is 6.02. The normalized spacial score (nSPS) is 26.0. The average Bonchev–Trinajstić information content (AvgIpc) is 2.39. The zero-order chi connectivity index (χ0) is 13.8. The summed E-state index contributed by atoms with van der Waals surface area (Å²) >= 11 is 0. The third-order valence-electron chi connectivity index (χ3n) is 3.01. The molecular weight excluding hydrogens is 258 g/mol. The second-order valence-electron chi connectivity index (χ2n) is 4.34. The fourth-order valence-corrected chi connectivity index (χ4v) is 1.90. The lowest BCUT2D eigenvalue weighted by Crippen LogP contribution is -2.55. The summed E-state index contributed by atoms with van der Waals surface area (Å²) in [6.07, 6.45) is -1.35. The van der Waals surface area contributed by atoms with Crippen LogP contribution in [0.5, 0.6) is 5.75 Å². The standard InChI is InChI=1S/C13H16F2O4/c1-17-5-6-18-13-9(16)7-11(13)19-10-4-2-3-8(14)12(10)15/h2-4,9,11,13,16H,5-7H2,1H3. The Hall–Kier alpha value is -1.24. The van der Waals surface area contributed by atoms with E-state index in [0.29, 0.717) is 19.6 Å². The molecule has 0 aliphatic heterocycles. The molecule has 6 heteroatoms. The molecule has 0 aromatic heterocycles. The molecule has 3 atom stereocenters. The van der Waals surface area contributed by atoms with Crippen molar-refractivity contribution in [3.05, 3.63) is 29.8 Å². The molecule has 3 unspecified atom stereocenters. The van der Waals surface area contributed by atoms with Gasteiger partial charge in [-0.25, -0.2) is 4.39 Å². The predicted octanol–water partition coefficient (Wildman–Crippen LogP) is 1.51. The molecule has 0 heterocycles. The molecule has 0 spiro atoms. The monoisotopic (exact) mass is 274 g/mol. The van der Waals surface area contributed by atoms with Crippen molar-refractivity contribution in [3.63, 3.8) is 0 Å². The third kappa shape index (κ3) is 3.20. The van der Waals surface area contributed by atoms with Crippen molar-refractivity contribution in [1.29, 1.82) is 0 Å². The minimum Gasteiger partial charge on any atom is -0.484 e. The van der Waals surface area contributed by atoms with E-state index < -0.39 is 29.9 Å². The zero-order valence-corrected chi connectivity index (χ0v) is 10.5. The van der Waals surface area contributed by atoms with Crippen LogP contribution in [0.25, 0.3) is 0 Å². The molecule has 1 aromatic carbocycles. The van der Waals surface area contributed by atoms with Gasteiger partial charge in [-0.3, -0.25) is 0 Å². The Bertz CT molecular complexity index is 427. The van der Waals surface area contributed by atoms with Gasteiger partial charge in [-0.1, -0.05) is 6.07 Å². The maximum Gasteiger partial charge on any atom is 0.200 e. The lowest BCUT2D eigenvalue weighted by Gasteiger charge is -2.40. The highest BCUT2D eigenvalue weighted by Gasteiger charge is 2.43. The molecule has 1 aliphatic carbocycles. The van der Waals surface area contributed by atoms with E-state index in [-0.39, 0.29) is 5.75 Å². The van der Waals surface area contributed by atoms with Gasteiger partial charge in [-0.15, -0.1) is 0 Å². The fourth-order valence-electron chi connectivity index (χ4n) is 1.90. The first kappa shape index (κ1) is 14.2. The van der Waals surface area contributed by atoms with Crippen LogP contribution in [-0.4, -0.2) is 43.7 Å². The molecule has 19 heavy (non-hydrogen) atoms. The summed E-state index contributed by atoms with van der Waals surface area (Å²) in [6, 6.07) is 3.73. The zero-order valence-electron chi connectivity index (χ0n) is 10.5. The molecule has 4 nitrogen and oxygen atoms in total. The average molecular weight is 274 g/mol. The molecule has 0 radical (unpaired) electrons. The van der Waals surface area contributed by atoms with Crippen LogP contribution in [0.2, 0.25) is 0 Å².